The maximum Gasteiger partial charge on any atom is 0.405 e. The Balaban J connectivity index is 0.000000371. The van der Waals surface area contributed by atoms with Gasteiger partial charge in [0.15, 0.2) is 0 Å². The molecule has 0 spiro atoms. The van der Waals surface area contributed by atoms with Crippen molar-refractivity contribution in [3.8, 4) is 0 Å². The molecule has 2 aromatic rings. The van der Waals surface area contributed by atoms with Crippen molar-refractivity contribution in [3.05, 3.63) is 59.2 Å². The lowest BCUT2D eigenvalue weighted by atomic mass is 10.2. The maximum atomic E-state index is 11.9. The average molecular weight is 538 g/mol. The highest BCUT2D eigenvalue weighted by Crippen LogP contribution is 2.18. The molecule has 0 aliphatic rings. The highest BCUT2D eigenvalue weighted by atomic mass is 19.4. The van der Waals surface area contributed by atoms with E-state index >= 15 is 0 Å². The zero-order valence-corrected chi connectivity index (χ0v) is 19.2. The van der Waals surface area contributed by atoms with E-state index in [1.807, 2.05) is 0 Å². The number of halogens is 6. The number of methoxy groups -OCH3 is 2. The van der Waals surface area contributed by atoms with Crippen LogP contribution < -0.4 is 10.6 Å². The first-order chi connectivity index (χ1) is 17.2. The van der Waals surface area contributed by atoms with E-state index in [1.165, 1.54) is 32.4 Å². The number of esters is 2. The Kier molecular flexibility index (Phi) is 11.4. The Bertz CT molecular complexity index is 1070. The van der Waals surface area contributed by atoms with Crippen LogP contribution in [0.4, 0.5) is 26.3 Å². The van der Waals surface area contributed by atoms with Crippen molar-refractivity contribution in [2.24, 2.45) is 0 Å². The fourth-order valence-corrected chi connectivity index (χ4v) is 2.21. The molecule has 2 amide bonds. The van der Waals surface area contributed by atoms with Gasteiger partial charge in [-0.1, -0.05) is 0 Å². The topological polar surface area (TPSA) is 137 Å². The summed E-state index contributed by atoms with van der Waals surface area (Å²) in [6.07, 6.45) is -7.76. The third-order valence-electron chi connectivity index (χ3n) is 3.98. The van der Waals surface area contributed by atoms with E-state index in [-0.39, 0.29) is 22.5 Å². The standard InChI is InChI=1S/C11H11F3N2O3.C10H9F3N2O3/c1-19-10(18)7-2-3-8(16-6-7)9(17)15-5-4-11(12,13)14;1-18-9(17)6-2-3-7(14-4-6)8(16)15-5-10(11,12)13/h2-3,6H,4-5H2,1H3,(H,15,17);2-4H,5H2,1H3,(H,15,16). The molecule has 0 radical (unpaired) electrons. The van der Waals surface area contributed by atoms with Gasteiger partial charge in [0.05, 0.1) is 31.8 Å². The Morgan fingerprint density at radius 1 is 0.730 bits per heavy atom. The maximum absolute atomic E-state index is 11.9. The van der Waals surface area contributed by atoms with E-state index in [1.54, 1.807) is 5.32 Å². The Morgan fingerprint density at radius 2 is 1.16 bits per heavy atom. The van der Waals surface area contributed by atoms with E-state index < -0.39 is 55.6 Å². The number of pyridine rings is 2. The molecule has 0 aromatic carbocycles. The van der Waals surface area contributed by atoms with Gasteiger partial charge >= 0.3 is 24.3 Å². The molecule has 0 bridgehead atoms. The zero-order chi connectivity index (χ0) is 28.2. The van der Waals surface area contributed by atoms with Crippen LogP contribution in [-0.2, 0) is 9.47 Å². The summed E-state index contributed by atoms with van der Waals surface area (Å²) < 4.78 is 80.0. The second-order valence-corrected chi connectivity index (χ2v) is 6.77. The minimum absolute atomic E-state index is 0.0742. The third-order valence-corrected chi connectivity index (χ3v) is 3.98. The molecule has 2 heterocycles. The molecule has 0 aliphatic heterocycles. The van der Waals surface area contributed by atoms with E-state index in [0.29, 0.717) is 0 Å². The molecule has 0 saturated carbocycles. The number of carbonyl (C=O) groups excluding carboxylic acids is 4. The fourth-order valence-electron chi connectivity index (χ4n) is 2.21. The number of nitrogens with zero attached hydrogens (tertiary/aromatic N) is 2. The molecule has 10 nitrogen and oxygen atoms in total. The van der Waals surface area contributed by atoms with E-state index in [4.69, 9.17) is 0 Å². The molecule has 202 valence electrons. The fraction of sp³-hybridized carbons (Fsp3) is 0.333. The number of amides is 2. The van der Waals surface area contributed by atoms with Gasteiger partial charge in [0.2, 0.25) is 0 Å². The van der Waals surface area contributed by atoms with Crippen molar-refractivity contribution >= 4 is 23.8 Å². The van der Waals surface area contributed by atoms with Gasteiger partial charge in [0.1, 0.15) is 17.9 Å². The summed E-state index contributed by atoms with van der Waals surface area (Å²) in [4.78, 5) is 52.0. The van der Waals surface area contributed by atoms with Crippen LogP contribution in [0.15, 0.2) is 36.7 Å². The van der Waals surface area contributed by atoms with Crippen molar-refractivity contribution in [2.75, 3.05) is 27.3 Å². The van der Waals surface area contributed by atoms with Crippen LogP contribution in [0.2, 0.25) is 0 Å². The molecule has 2 N–H and O–H groups in total. The molecule has 16 heteroatoms. The number of nitrogens with one attached hydrogen (secondary N) is 2. The lowest BCUT2D eigenvalue weighted by Crippen LogP contribution is -2.34. The highest BCUT2D eigenvalue weighted by Gasteiger charge is 2.28. The van der Waals surface area contributed by atoms with Crippen molar-refractivity contribution in [3.63, 3.8) is 0 Å². The van der Waals surface area contributed by atoms with Crippen LogP contribution in [0.25, 0.3) is 0 Å². The molecule has 0 atom stereocenters. The SMILES string of the molecule is COC(=O)c1ccc(C(=O)NCC(F)(F)F)nc1.COC(=O)c1ccc(C(=O)NCCC(F)(F)F)nc1. The molecule has 0 saturated heterocycles. The van der Waals surface area contributed by atoms with Crippen LogP contribution in [0.1, 0.15) is 48.1 Å². The molecule has 2 aromatic heterocycles. The summed E-state index contributed by atoms with van der Waals surface area (Å²) in [6.45, 7) is -1.96. The van der Waals surface area contributed by atoms with Crippen molar-refractivity contribution in [1.29, 1.82) is 0 Å². The van der Waals surface area contributed by atoms with Crippen LogP contribution in [0, 0.1) is 0 Å². The summed E-state index contributed by atoms with van der Waals surface area (Å²) in [5, 5.41) is 3.74. The summed E-state index contributed by atoms with van der Waals surface area (Å²) in [5.41, 5.74) is -0.0408. The summed E-state index contributed by atoms with van der Waals surface area (Å²) in [6, 6.07) is 4.91. The number of carbonyl (C=O) groups is 4. The van der Waals surface area contributed by atoms with Gasteiger partial charge in [-0.05, 0) is 24.3 Å². The third kappa shape index (κ3) is 11.8. The van der Waals surface area contributed by atoms with Gasteiger partial charge in [-0.2, -0.15) is 26.3 Å². The van der Waals surface area contributed by atoms with Gasteiger partial charge in [-0.15, -0.1) is 0 Å². The number of aromatic nitrogens is 2. The lowest BCUT2D eigenvalue weighted by Gasteiger charge is -2.07. The highest BCUT2D eigenvalue weighted by molar-refractivity contribution is 5.94. The molecule has 0 aliphatic carbocycles. The Morgan fingerprint density at radius 3 is 1.49 bits per heavy atom. The smallest absolute Gasteiger partial charge is 0.405 e. The molecule has 37 heavy (non-hydrogen) atoms. The molecule has 0 unspecified atom stereocenters. The summed E-state index contributed by atoms with van der Waals surface area (Å²) in [7, 11) is 2.37. The predicted molar refractivity (Wildman–Crippen MR) is 113 cm³/mol. The van der Waals surface area contributed by atoms with Crippen molar-refractivity contribution < 1.29 is 55.0 Å². The second kappa shape index (κ2) is 13.7. The van der Waals surface area contributed by atoms with Crippen LogP contribution in [-0.4, -0.2) is 73.4 Å². The van der Waals surface area contributed by atoms with Gasteiger partial charge in [-0.25, -0.2) is 9.59 Å². The lowest BCUT2D eigenvalue weighted by molar-refractivity contribution is -0.133. The minimum atomic E-state index is -4.48. The summed E-state index contributed by atoms with van der Waals surface area (Å²) >= 11 is 0. The zero-order valence-electron chi connectivity index (χ0n) is 19.2. The molecular weight excluding hydrogens is 518 g/mol. The Hall–Kier alpha value is -4.24. The molecule has 2 rings (SSSR count). The largest absolute Gasteiger partial charge is 0.465 e. The van der Waals surface area contributed by atoms with E-state index in [9.17, 15) is 45.5 Å². The monoisotopic (exact) mass is 538 g/mol. The first-order valence-electron chi connectivity index (χ1n) is 9.95. The Labute approximate surface area is 205 Å². The summed E-state index contributed by atoms with van der Waals surface area (Å²) in [5.74, 6) is -2.97. The van der Waals surface area contributed by atoms with Gasteiger partial charge < -0.3 is 20.1 Å². The van der Waals surface area contributed by atoms with E-state index in [0.717, 1.165) is 18.5 Å². The molecule has 0 fully saturated rings. The van der Waals surface area contributed by atoms with Crippen molar-refractivity contribution in [2.45, 2.75) is 18.8 Å². The van der Waals surface area contributed by atoms with Gasteiger partial charge in [-0.3, -0.25) is 19.6 Å². The second-order valence-electron chi connectivity index (χ2n) is 6.77. The van der Waals surface area contributed by atoms with Crippen molar-refractivity contribution in [1.82, 2.24) is 20.6 Å². The number of ether oxygens (including phenoxy) is 2. The first-order valence-corrected chi connectivity index (χ1v) is 9.95. The average Bonchev–Trinajstić information content (AvgIpc) is 2.85. The number of hydrogen-bond donors (Lipinski definition) is 2. The van der Waals surface area contributed by atoms with Gasteiger partial charge in [0, 0.05) is 18.9 Å². The van der Waals surface area contributed by atoms with Gasteiger partial charge in [0.25, 0.3) is 11.8 Å². The molecular formula is C21H20F6N4O6. The normalized spacial score (nSPS) is 10.9. The van der Waals surface area contributed by atoms with Crippen LogP contribution in [0.3, 0.4) is 0 Å². The number of hydrogen-bond acceptors (Lipinski definition) is 8. The van der Waals surface area contributed by atoms with Crippen LogP contribution >= 0.6 is 0 Å². The van der Waals surface area contributed by atoms with E-state index in [2.05, 4.69) is 24.8 Å². The first kappa shape index (κ1) is 30.8. The number of alkyl halides is 6. The predicted octanol–water partition coefficient (Wildman–Crippen LogP) is 2.71. The minimum Gasteiger partial charge on any atom is -0.465 e. The quantitative estimate of drug-likeness (QED) is 0.406. The van der Waals surface area contributed by atoms with Crippen LogP contribution in [0.5, 0.6) is 0 Å². The number of rotatable bonds is 7.